The number of alkyl halides is 1. The molecule has 1 rings (SSSR count). The molecule has 0 aliphatic heterocycles. The van der Waals surface area contributed by atoms with Gasteiger partial charge in [-0.2, -0.15) is 0 Å². The van der Waals surface area contributed by atoms with Gasteiger partial charge in [-0.1, -0.05) is 22.9 Å². The molecule has 1 unspecified atom stereocenters. The average molecular weight is 293 g/mol. The third-order valence-corrected chi connectivity index (χ3v) is 3.47. The highest BCUT2D eigenvalue weighted by atomic mass is 79.9. The van der Waals surface area contributed by atoms with Gasteiger partial charge in [-0.15, -0.1) is 0 Å². The summed E-state index contributed by atoms with van der Waals surface area (Å²) in [5, 5.41) is 1.02. The Bertz CT molecular complexity index is 250. The van der Waals surface area contributed by atoms with Crippen LogP contribution in [-0.2, 0) is 6.42 Å². The van der Waals surface area contributed by atoms with E-state index in [4.69, 9.17) is 0 Å². The summed E-state index contributed by atoms with van der Waals surface area (Å²) in [5.41, 5.74) is 1.14. The van der Waals surface area contributed by atoms with Crippen LogP contribution >= 0.6 is 31.9 Å². The lowest BCUT2D eigenvalue weighted by Gasteiger charge is -2.07. The fourth-order valence-corrected chi connectivity index (χ4v) is 1.60. The topological polar surface area (TPSA) is 12.9 Å². The van der Waals surface area contributed by atoms with Crippen molar-refractivity contribution < 1.29 is 0 Å². The molecule has 0 aromatic carbocycles. The number of hydrogen-bond acceptors (Lipinski definition) is 1. The van der Waals surface area contributed by atoms with Gasteiger partial charge in [0, 0.05) is 16.0 Å². The number of halogens is 2. The SMILES string of the molecule is CC(CBr)Cc1ncccc1Br. The second-order valence-electron chi connectivity index (χ2n) is 2.90. The van der Waals surface area contributed by atoms with Gasteiger partial charge in [-0.05, 0) is 40.4 Å². The molecule has 0 radical (unpaired) electrons. The van der Waals surface area contributed by atoms with E-state index in [-0.39, 0.29) is 0 Å². The minimum Gasteiger partial charge on any atom is -0.260 e. The number of nitrogens with zero attached hydrogens (tertiary/aromatic N) is 1. The maximum absolute atomic E-state index is 4.30. The Kier molecular flexibility index (Phi) is 4.22. The lowest BCUT2D eigenvalue weighted by molar-refractivity contribution is 0.648. The lowest BCUT2D eigenvalue weighted by atomic mass is 10.1. The molecule has 1 nitrogen and oxygen atoms in total. The molecule has 12 heavy (non-hydrogen) atoms. The second kappa shape index (κ2) is 4.97. The summed E-state index contributed by atoms with van der Waals surface area (Å²) in [6, 6.07) is 3.97. The van der Waals surface area contributed by atoms with E-state index in [0.29, 0.717) is 5.92 Å². The zero-order chi connectivity index (χ0) is 8.97. The van der Waals surface area contributed by atoms with Crippen molar-refractivity contribution in [1.29, 1.82) is 0 Å². The summed E-state index contributed by atoms with van der Waals surface area (Å²) >= 11 is 6.93. The van der Waals surface area contributed by atoms with Gasteiger partial charge < -0.3 is 0 Å². The molecular formula is C9H11Br2N. The smallest absolute Gasteiger partial charge is 0.0548 e. The maximum atomic E-state index is 4.30. The van der Waals surface area contributed by atoms with Gasteiger partial charge in [0.1, 0.15) is 0 Å². The van der Waals surface area contributed by atoms with Crippen molar-refractivity contribution in [2.24, 2.45) is 5.92 Å². The van der Waals surface area contributed by atoms with Crippen LogP contribution in [0.5, 0.6) is 0 Å². The van der Waals surface area contributed by atoms with E-state index in [9.17, 15) is 0 Å². The predicted octanol–water partition coefficient (Wildman–Crippen LogP) is 3.42. The van der Waals surface area contributed by atoms with Crippen LogP contribution < -0.4 is 0 Å². The fourth-order valence-electron chi connectivity index (χ4n) is 0.953. The third kappa shape index (κ3) is 2.87. The molecule has 0 spiro atoms. The van der Waals surface area contributed by atoms with Crippen LogP contribution in [-0.4, -0.2) is 10.3 Å². The van der Waals surface area contributed by atoms with E-state index >= 15 is 0 Å². The summed E-state index contributed by atoms with van der Waals surface area (Å²) in [6.45, 7) is 2.20. The van der Waals surface area contributed by atoms with Crippen LogP contribution in [0.2, 0.25) is 0 Å². The van der Waals surface area contributed by atoms with Crippen LogP contribution in [0.4, 0.5) is 0 Å². The molecular weight excluding hydrogens is 282 g/mol. The largest absolute Gasteiger partial charge is 0.260 e. The Labute approximate surface area is 89.8 Å². The number of aromatic nitrogens is 1. The summed E-state index contributed by atoms with van der Waals surface area (Å²) in [5.74, 6) is 0.635. The average Bonchev–Trinajstić information content (AvgIpc) is 2.09. The van der Waals surface area contributed by atoms with Crippen LogP contribution in [0.1, 0.15) is 12.6 Å². The molecule has 0 amide bonds. The molecule has 1 atom stereocenters. The first-order chi connectivity index (χ1) is 5.74. The molecule has 0 N–H and O–H groups in total. The molecule has 0 bridgehead atoms. The predicted molar refractivity (Wildman–Crippen MR) is 58.6 cm³/mol. The van der Waals surface area contributed by atoms with E-state index < -0.39 is 0 Å². The van der Waals surface area contributed by atoms with Gasteiger partial charge in [0.25, 0.3) is 0 Å². The zero-order valence-corrected chi connectivity index (χ0v) is 10.1. The molecule has 1 aromatic heterocycles. The van der Waals surface area contributed by atoms with E-state index in [0.717, 1.165) is 21.9 Å². The fraction of sp³-hybridized carbons (Fsp3) is 0.444. The Morgan fingerprint density at radius 1 is 1.58 bits per heavy atom. The van der Waals surface area contributed by atoms with E-state index in [1.54, 1.807) is 0 Å². The van der Waals surface area contributed by atoms with Crippen LogP contribution in [0.15, 0.2) is 22.8 Å². The first-order valence-electron chi connectivity index (χ1n) is 3.89. The van der Waals surface area contributed by atoms with Crippen LogP contribution in [0.25, 0.3) is 0 Å². The molecule has 3 heteroatoms. The summed E-state index contributed by atoms with van der Waals surface area (Å²) in [4.78, 5) is 4.30. The first-order valence-corrected chi connectivity index (χ1v) is 5.81. The van der Waals surface area contributed by atoms with E-state index in [2.05, 4.69) is 43.8 Å². The lowest BCUT2D eigenvalue weighted by Crippen LogP contribution is -2.02. The van der Waals surface area contributed by atoms with Gasteiger partial charge in [-0.3, -0.25) is 4.98 Å². The van der Waals surface area contributed by atoms with Gasteiger partial charge in [0.05, 0.1) is 5.69 Å². The molecule has 0 aliphatic rings. The van der Waals surface area contributed by atoms with Crippen molar-refractivity contribution >= 4 is 31.9 Å². The molecule has 0 aliphatic carbocycles. The highest BCUT2D eigenvalue weighted by Gasteiger charge is 2.05. The quantitative estimate of drug-likeness (QED) is 0.778. The first kappa shape index (κ1) is 10.2. The van der Waals surface area contributed by atoms with Crippen molar-refractivity contribution in [2.45, 2.75) is 13.3 Å². The van der Waals surface area contributed by atoms with Crippen molar-refractivity contribution in [3.05, 3.63) is 28.5 Å². The summed E-state index contributed by atoms with van der Waals surface area (Å²) < 4.78 is 1.11. The van der Waals surface area contributed by atoms with Gasteiger partial charge in [-0.25, -0.2) is 0 Å². The Morgan fingerprint density at radius 3 is 2.92 bits per heavy atom. The normalized spacial score (nSPS) is 12.9. The van der Waals surface area contributed by atoms with Crippen molar-refractivity contribution in [3.8, 4) is 0 Å². The number of pyridine rings is 1. The van der Waals surface area contributed by atoms with E-state index in [1.165, 1.54) is 0 Å². The number of rotatable bonds is 3. The van der Waals surface area contributed by atoms with Gasteiger partial charge in [0.2, 0.25) is 0 Å². The second-order valence-corrected chi connectivity index (χ2v) is 4.40. The summed E-state index contributed by atoms with van der Waals surface area (Å²) in [7, 11) is 0. The molecule has 66 valence electrons. The molecule has 0 saturated heterocycles. The van der Waals surface area contributed by atoms with Crippen molar-refractivity contribution in [1.82, 2.24) is 4.98 Å². The highest BCUT2D eigenvalue weighted by Crippen LogP contribution is 2.17. The number of hydrogen-bond donors (Lipinski definition) is 0. The molecule has 1 aromatic rings. The monoisotopic (exact) mass is 291 g/mol. The van der Waals surface area contributed by atoms with Crippen molar-refractivity contribution in [3.63, 3.8) is 0 Å². The zero-order valence-electron chi connectivity index (χ0n) is 6.93. The molecule has 0 saturated carbocycles. The Morgan fingerprint density at radius 2 is 2.33 bits per heavy atom. The Hall–Kier alpha value is 0.110. The Balaban J connectivity index is 2.69. The minimum absolute atomic E-state index is 0.635. The minimum atomic E-state index is 0.635. The highest BCUT2D eigenvalue weighted by molar-refractivity contribution is 9.10. The third-order valence-electron chi connectivity index (χ3n) is 1.64. The van der Waals surface area contributed by atoms with Gasteiger partial charge in [0.15, 0.2) is 0 Å². The standard InChI is InChI=1S/C9H11Br2N/c1-7(6-10)5-9-8(11)3-2-4-12-9/h2-4,7H,5-6H2,1H3. The van der Waals surface area contributed by atoms with Crippen molar-refractivity contribution in [2.75, 3.05) is 5.33 Å². The summed E-state index contributed by atoms with van der Waals surface area (Å²) in [6.07, 6.45) is 2.85. The van der Waals surface area contributed by atoms with Gasteiger partial charge >= 0.3 is 0 Å². The van der Waals surface area contributed by atoms with Crippen LogP contribution in [0.3, 0.4) is 0 Å². The molecule has 1 heterocycles. The van der Waals surface area contributed by atoms with E-state index in [1.807, 2.05) is 18.3 Å². The molecule has 0 fully saturated rings. The van der Waals surface area contributed by atoms with Crippen LogP contribution in [0, 0.1) is 5.92 Å². The maximum Gasteiger partial charge on any atom is 0.0548 e.